The number of carboxylic acids is 1. The van der Waals surface area contributed by atoms with E-state index < -0.39 is 5.97 Å². The van der Waals surface area contributed by atoms with Crippen LogP contribution in [0.1, 0.15) is 36.7 Å². The minimum atomic E-state index is -0.827. The summed E-state index contributed by atoms with van der Waals surface area (Å²) in [6.45, 7) is 6.55. The van der Waals surface area contributed by atoms with Crippen LogP contribution >= 0.6 is 0 Å². The van der Waals surface area contributed by atoms with Crippen LogP contribution in [0.3, 0.4) is 0 Å². The quantitative estimate of drug-likeness (QED) is 0.875. The van der Waals surface area contributed by atoms with E-state index in [9.17, 15) is 9.59 Å². The van der Waals surface area contributed by atoms with Crippen LogP contribution in [0, 0.1) is 25.7 Å². The van der Waals surface area contributed by atoms with Gasteiger partial charge in [-0.3, -0.25) is 9.36 Å². The van der Waals surface area contributed by atoms with Gasteiger partial charge >= 0.3 is 11.7 Å². The van der Waals surface area contributed by atoms with E-state index in [1.54, 1.807) is 11.5 Å². The molecule has 1 aliphatic rings. The predicted octanol–water partition coefficient (Wildman–Crippen LogP) is 1.53. The Morgan fingerprint density at radius 1 is 1.47 bits per heavy atom. The fourth-order valence-corrected chi connectivity index (χ4v) is 2.54. The van der Waals surface area contributed by atoms with Gasteiger partial charge in [-0.2, -0.15) is 4.98 Å². The summed E-state index contributed by atoms with van der Waals surface area (Å²) in [5.74, 6) is 0.413. The number of hydrogen-bond acceptors (Lipinski definition) is 3. The summed E-state index contributed by atoms with van der Waals surface area (Å²) in [5.41, 5.74) is 2.21. The van der Waals surface area contributed by atoms with Crippen LogP contribution in [0.15, 0.2) is 4.79 Å². The third kappa shape index (κ3) is 3.03. The molecule has 104 valence electrons. The minimum absolute atomic E-state index is 0.0708. The molecule has 1 aromatic rings. The normalized spacial score (nSPS) is 21.4. The molecule has 19 heavy (non-hydrogen) atoms. The van der Waals surface area contributed by atoms with Crippen LogP contribution in [0.25, 0.3) is 0 Å². The van der Waals surface area contributed by atoms with Gasteiger partial charge in [0.1, 0.15) is 0 Å². The summed E-state index contributed by atoms with van der Waals surface area (Å²) in [5, 5.41) is 8.78. The van der Waals surface area contributed by atoms with Gasteiger partial charge < -0.3 is 5.11 Å². The SMILES string of the molecule is Cc1nc(=O)n(CC2CC2C)c(C)c1CCC(=O)O. The van der Waals surface area contributed by atoms with E-state index in [0.717, 1.165) is 17.7 Å². The van der Waals surface area contributed by atoms with Crippen molar-refractivity contribution in [2.24, 2.45) is 11.8 Å². The molecule has 1 N–H and O–H groups in total. The largest absolute Gasteiger partial charge is 0.481 e. The molecule has 0 spiro atoms. The molecule has 1 saturated carbocycles. The summed E-state index contributed by atoms with van der Waals surface area (Å²) in [7, 11) is 0. The monoisotopic (exact) mass is 264 g/mol. The topological polar surface area (TPSA) is 72.2 Å². The molecule has 1 aromatic heterocycles. The number of aryl methyl sites for hydroxylation is 1. The molecule has 0 amide bonds. The van der Waals surface area contributed by atoms with Crippen molar-refractivity contribution in [1.82, 2.24) is 9.55 Å². The van der Waals surface area contributed by atoms with Crippen molar-refractivity contribution < 1.29 is 9.90 Å². The Bertz CT molecular complexity index is 563. The zero-order valence-electron chi connectivity index (χ0n) is 11.6. The zero-order valence-corrected chi connectivity index (χ0v) is 11.6. The highest BCUT2D eigenvalue weighted by molar-refractivity contribution is 5.67. The van der Waals surface area contributed by atoms with Gasteiger partial charge in [-0.25, -0.2) is 4.79 Å². The first-order chi connectivity index (χ1) is 8.90. The molecule has 0 aromatic carbocycles. The number of carbonyl (C=O) groups is 1. The molecule has 0 saturated heterocycles. The molecule has 0 radical (unpaired) electrons. The van der Waals surface area contributed by atoms with Gasteiger partial charge in [0.2, 0.25) is 0 Å². The standard InChI is InChI=1S/C14H20N2O3/c1-8-6-11(8)7-16-10(3)12(4-5-13(17)18)9(2)15-14(16)19/h8,11H,4-7H2,1-3H3,(H,17,18). The average molecular weight is 264 g/mol. The molecule has 0 bridgehead atoms. The first-order valence-electron chi connectivity index (χ1n) is 6.69. The molecule has 5 heteroatoms. The van der Waals surface area contributed by atoms with Crippen molar-refractivity contribution in [2.75, 3.05) is 0 Å². The summed E-state index contributed by atoms with van der Waals surface area (Å²) < 4.78 is 1.71. The summed E-state index contributed by atoms with van der Waals surface area (Å²) in [4.78, 5) is 26.7. The van der Waals surface area contributed by atoms with Crippen LogP contribution in [0.5, 0.6) is 0 Å². The minimum Gasteiger partial charge on any atom is -0.481 e. The summed E-state index contributed by atoms with van der Waals surface area (Å²) in [6, 6.07) is 0. The lowest BCUT2D eigenvalue weighted by Gasteiger charge is -2.15. The van der Waals surface area contributed by atoms with Gasteiger partial charge in [-0.1, -0.05) is 6.92 Å². The molecule has 2 rings (SSSR count). The predicted molar refractivity (Wildman–Crippen MR) is 71.2 cm³/mol. The fraction of sp³-hybridized carbons (Fsp3) is 0.643. The van der Waals surface area contributed by atoms with E-state index in [0.29, 0.717) is 30.5 Å². The summed E-state index contributed by atoms with van der Waals surface area (Å²) in [6.07, 6.45) is 1.66. The van der Waals surface area contributed by atoms with Gasteiger partial charge in [-0.15, -0.1) is 0 Å². The second-order valence-electron chi connectivity index (χ2n) is 5.52. The molecule has 5 nitrogen and oxygen atoms in total. The van der Waals surface area contributed by atoms with Gasteiger partial charge in [0.25, 0.3) is 0 Å². The lowest BCUT2D eigenvalue weighted by atomic mass is 10.1. The van der Waals surface area contributed by atoms with E-state index in [1.165, 1.54) is 0 Å². The number of carboxylic acid groups (broad SMARTS) is 1. The smallest absolute Gasteiger partial charge is 0.347 e. The van der Waals surface area contributed by atoms with Crippen molar-refractivity contribution >= 4 is 5.97 Å². The van der Waals surface area contributed by atoms with E-state index >= 15 is 0 Å². The third-order valence-electron chi connectivity index (χ3n) is 4.05. The molecular weight excluding hydrogens is 244 g/mol. The highest BCUT2D eigenvalue weighted by Gasteiger charge is 2.33. The van der Waals surface area contributed by atoms with Gasteiger partial charge in [0.15, 0.2) is 0 Å². The van der Waals surface area contributed by atoms with Crippen LogP contribution in [-0.2, 0) is 17.8 Å². The van der Waals surface area contributed by atoms with E-state index in [4.69, 9.17) is 5.11 Å². The van der Waals surface area contributed by atoms with Crippen LogP contribution < -0.4 is 5.69 Å². The maximum atomic E-state index is 12.0. The Morgan fingerprint density at radius 2 is 2.11 bits per heavy atom. The Hall–Kier alpha value is -1.65. The Labute approximate surface area is 112 Å². The van der Waals surface area contributed by atoms with Gasteiger partial charge in [-0.05, 0) is 44.1 Å². The number of aromatic nitrogens is 2. The van der Waals surface area contributed by atoms with Crippen LogP contribution in [-0.4, -0.2) is 20.6 Å². The van der Waals surface area contributed by atoms with E-state index in [1.807, 2.05) is 6.92 Å². The lowest BCUT2D eigenvalue weighted by Crippen LogP contribution is -2.28. The Kier molecular flexibility index (Phi) is 3.73. The Balaban J connectivity index is 2.29. The van der Waals surface area contributed by atoms with Crippen molar-refractivity contribution in [3.05, 3.63) is 27.4 Å². The average Bonchev–Trinajstić information content (AvgIpc) is 2.99. The van der Waals surface area contributed by atoms with Crippen molar-refractivity contribution in [2.45, 2.75) is 46.6 Å². The third-order valence-corrected chi connectivity index (χ3v) is 4.05. The maximum Gasteiger partial charge on any atom is 0.347 e. The van der Waals surface area contributed by atoms with Gasteiger partial charge in [0, 0.05) is 24.4 Å². The molecule has 2 atom stereocenters. The number of hydrogen-bond donors (Lipinski definition) is 1. The molecule has 1 heterocycles. The first kappa shape index (κ1) is 13.8. The second-order valence-corrected chi connectivity index (χ2v) is 5.52. The van der Waals surface area contributed by atoms with Crippen molar-refractivity contribution in [3.63, 3.8) is 0 Å². The fourth-order valence-electron chi connectivity index (χ4n) is 2.54. The highest BCUT2D eigenvalue weighted by Crippen LogP contribution is 2.38. The van der Waals surface area contributed by atoms with Gasteiger partial charge in [0.05, 0.1) is 0 Å². The van der Waals surface area contributed by atoms with E-state index in [2.05, 4.69) is 11.9 Å². The van der Waals surface area contributed by atoms with Crippen LogP contribution in [0.2, 0.25) is 0 Å². The van der Waals surface area contributed by atoms with E-state index in [-0.39, 0.29) is 12.1 Å². The molecule has 1 aliphatic carbocycles. The number of rotatable bonds is 5. The van der Waals surface area contributed by atoms with Crippen molar-refractivity contribution in [3.8, 4) is 0 Å². The maximum absolute atomic E-state index is 12.0. The second kappa shape index (κ2) is 5.15. The first-order valence-corrected chi connectivity index (χ1v) is 6.69. The number of nitrogens with zero attached hydrogens (tertiary/aromatic N) is 2. The molecule has 1 fully saturated rings. The lowest BCUT2D eigenvalue weighted by molar-refractivity contribution is -0.136. The number of aliphatic carboxylic acids is 1. The molecular formula is C14H20N2O3. The van der Waals surface area contributed by atoms with Crippen LogP contribution in [0.4, 0.5) is 0 Å². The molecule has 0 aliphatic heterocycles. The molecule has 2 unspecified atom stereocenters. The Morgan fingerprint density at radius 3 is 2.63 bits per heavy atom. The summed E-state index contributed by atoms with van der Waals surface area (Å²) >= 11 is 0. The van der Waals surface area contributed by atoms with Crippen molar-refractivity contribution in [1.29, 1.82) is 0 Å². The zero-order chi connectivity index (χ0) is 14.2. The highest BCUT2D eigenvalue weighted by atomic mass is 16.4.